The van der Waals surface area contributed by atoms with Gasteiger partial charge in [0.2, 0.25) is 5.91 Å². The molecule has 0 atom stereocenters. The summed E-state index contributed by atoms with van der Waals surface area (Å²) in [6.45, 7) is 0.446. The zero-order chi connectivity index (χ0) is 20.0. The predicted molar refractivity (Wildman–Crippen MR) is 102 cm³/mol. The molecule has 0 aromatic carbocycles. The summed E-state index contributed by atoms with van der Waals surface area (Å²) < 4.78 is 0. The second-order valence-corrected chi connectivity index (χ2v) is 6.93. The first-order valence-corrected chi connectivity index (χ1v) is 9.33. The normalized spacial score (nSPS) is 13.5. The van der Waals surface area contributed by atoms with Gasteiger partial charge in [0.1, 0.15) is 5.69 Å². The Morgan fingerprint density at radius 3 is 2.79 bits per heavy atom. The van der Waals surface area contributed by atoms with Crippen molar-refractivity contribution in [2.24, 2.45) is 10.2 Å². The fraction of sp³-hybridized carbons (Fsp3) is 0.353. The van der Waals surface area contributed by atoms with Gasteiger partial charge in [-0.1, -0.05) is 0 Å². The van der Waals surface area contributed by atoms with E-state index < -0.39 is 17.1 Å². The van der Waals surface area contributed by atoms with Crippen LogP contribution in [-0.4, -0.2) is 39.2 Å². The van der Waals surface area contributed by atoms with Gasteiger partial charge in [0, 0.05) is 37.3 Å². The Balaban J connectivity index is 1.43. The van der Waals surface area contributed by atoms with Crippen molar-refractivity contribution in [1.82, 2.24) is 20.5 Å². The van der Waals surface area contributed by atoms with Crippen molar-refractivity contribution in [2.45, 2.75) is 31.3 Å². The van der Waals surface area contributed by atoms with Crippen molar-refractivity contribution >= 4 is 28.3 Å². The summed E-state index contributed by atoms with van der Waals surface area (Å²) >= 11 is 1.19. The fourth-order valence-electron chi connectivity index (χ4n) is 2.37. The van der Waals surface area contributed by atoms with Gasteiger partial charge in [-0.2, -0.15) is 15.3 Å². The molecule has 0 saturated carbocycles. The molecule has 0 spiro atoms. The molecule has 2 amide bonds. The van der Waals surface area contributed by atoms with Crippen LogP contribution in [-0.2, 0) is 11.2 Å². The van der Waals surface area contributed by atoms with Gasteiger partial charge in [0.25, 0.3) is 11.5 Å². The second-order valence-electron chi connectivity index (χ2n) is 6.07. The number of hydrogen-bond donors (Lipinski definition) is 3. The largest absolute Gasteiger partial charge is 0.356 e. The Bertz CT molecular complexity index is 978. The maximum atomic E-state index is 12.0. The predicted octanol–water partition coefficient (Wildman–Crippen LogP) is 1.10. The van der Waals surface area contributed by atoms with Crippen molar-refractivity contribution in [3.05, 3.63) is 39.3 Å². The summed E-state index contributed by atoms with van der Waals surface area (Å²) in [5.74, 6) is 1.87. The number of rotatable bonds is 9. The Labute approximate surface area is 163 Å². The van der Waals surface area contributed by atoms with Crippen molar-refractivity contribution in [2.75, 3.05) is 11.9 Å². The van der Waals surface area contributed by atoms with E-state index in [2.05, 4.69) is 42.0 Å². The molecule has 144 valence electrons. The summed E-state index contributed by atoms with van der Waals surface area (Å²) in [7, 11) is 0. The third-order valence-electron chi connectivity index (χ3n) is 3.93. The molecular weight excluding hydrogens is 382 g/mol. The highest BCUT2D eigenvalue weighted by atomic mass is 32.1. The molecule has 10 nitrogen and oxygen atoms in total. The van der Waals surface area contributed by atoms with Crippen LogP contribution >= 0.6 is 11.3 Å². The number of terminal acetylenes is 1. The molecule has 0 saturated heterocycles. The number of H-pyrrole nitrogens is 1. The number of aromatic amines is 1. The number of aromatic nitrogens is 3. The van der Waals surface area contributed by atoms with Crippen LogP contribution in [0.1, 0.15) is 35.4 Å². The van der Waals surface area contributed by atoms with Gasteiger partial charge < -0.3 is 5.32 Å². The Kier molecular flexibility index (Phi) is 5.90. The van der Waals surface area contributed by atoms with Crippen LogP contribution < -0.4 is 16.2 Å². The average molecular weight is 399 g/mol. The quantitative estimate of drug-likeness (QED) is 0.541. The Morgan fingerprint density at radius 1 is 1.29 bits per heavy atom. The first-order valence-electron chi connectivity index (χ1n) is 8.45. The van der Waals surface area contributed by atoms with E-state index in [0.29, 0.717) is 36.6 Å². The lowest BCUT2D eigenvalue weighted by Crippen LogP contribution is -2.29. The van der Waals surface area contributed by atoms with E-state index in [1.54, 1.807) is 5.38 Å². The molecule has 0 radical (unpaired) electrons. The second kappa shape index (κ2) is 8.53. The molecule has 0 bridgehead atoms. The number of hydrogen-bond acceptors (Lipinski definition) is 8. The van der Waals surface area contributed by atoms with Gasteiger partial charge in [-0.3, -0.25) is 19.7 Å². The molecule has 0 unspecified atom stereocenters. The van der Waals surface area contributed by atoms with E-state index in [1.165, 1.54) is 23.5 Å². The van der Waals surface area contributed by atoms with Crippen LogP contribution in [0.25, 0.3) is 0 Å². The molecular formula is C17H17N7O3S. The SMILES string of the molecule is C#CCCC1(CCNC(=O)Cc2csc(NC(=O)c3ccc(=O)[nH]n3)n2)N=N1. The molecule has 3 heterocycles. The fourth-order valence-corrected chi connectivity index (χ4v) is 3.08. The van der Waals surface area contributed by atoms with Gasteiger partial charge in [-0.25, -0.2) is 10.1 Å². The number of carbonyl (C=O) groups is 2. The van der Waals surface area contributed by atoms with Crippen LogP contribution in [0, 0.1) is 12.3 Å². The summed E-state index contributed by atoms with van der Waals surface area (Å²) in [6.07, 6.45) is 7.25. The van der Waals surface area contributed by atoms with E-state index in [1.807, 2.05) is 0 Å². The third-order valence-corrected chi connectivity index (χ3v) is 4.73. The van der Waals surface area contributed by atoms with Crippen molar-refractivity contribution in [3.8, 4) is 12.3 Å². The third kappa shape index (κ3) is 5.31. The highest BCUT2D eigenvalue weighted by molar-refractivity contribution is 7.14. The van der Waals surface area contributed by atoms with Crippen molar-refractivity contribution in [3.63, 3.8) is 0 Å². The number of nitrogens with one attached hydrogen (secondary N) is 3. The highest BCUT2D eigenvalue weighted by Crippen LogP contribution is 2.36. The molecule has 2 aromatic heterocycles. The topological polar surface area (TPSA) is 142 Å². The number of anilines is 1. The molecule has 1 aliphatic heterocycles. The zero-order valence-corrected chi connectivity index (χ0v) is 15.6. The molecule has 3 N–H and O–H groups in total. The molecule has 11 heteroatoms. The van der Waals surface area contributed by atoms with E-state index >= 15 is 0 Å². The van der Waals surface area contributed by atoms with Crippen LogP contribution in [0.4, 0.5) is 5.13 Å². The van der Waals surface area contributed by atoms with Crippen LogP contribution in [0.2, 0.25) is 0 Å². The summed E-state index contributed by atoms with van der Waals surface area (Å²) in [4.78, 5) is 39.3. The Morgan fingerprint density at radius 2 is 2.11 bits per heavy atom. The highest BCUT2D eigenvalue weighted by Gasteiger charge is 2.38. The minimum absolute atomic E-state index is 0.0590. The van der Waals surface area contributed by atoms with Crippen LogP contribution in [0.3, 0.4) is 0 Å². The minimum Gasteiger partial charge on any atom is -0.356 e. The molecule has 0 fully saturated rings. The summed E-state index contributed by atoms with van der Waals surface area (Å²) in [6, 6.07) is 2.52. The number of nitrogens with zero attached hydrogens (tertiary/aromatic N) is 4. The summed E-state index contributed by atoms with van der Waals surface area (Å²) in [5.41, 5.74) is -0.225. The van der Waals surface area contributed by atoms with E-state index in [0.717, 1.165) is 0 Å². The van der Waals surface area contributed by atoms with Gasteiger partial charge in [0.05, 0.1) is 12.1 Å². The molecule has 3 rings (SSSR count). The first-order chi connectivity index (χ1) is 13.5. The Hall–Kier alpha value is -3.39. The first kappa shape index (κ1) is 19.4. The number of amides is 2. The smallest absolute Gasteiger partial charge is 0.277 e. The lowest BCUT2D eigenvalue weighted by molar-refractivity contribution is -0.120. The van der Waals surface area contributed by atoms with Crippen LogP contribution in [0.5, 0.6) is 0 Å². The van der Waals surface area contributed by atoms with E-state index in [4.69, 9.17) is 6.42 Å². The number of carbonyl (C=O) groups excluding carboxylic acids is 2. The van der Waals surface area contributed by atoms with Crippen LogP contribution in [0.15, 0.2) is 32.5 Å². The lowest BCUT2D eigenvalue weighted by Gasteiger charge is -2.09. The molecule has 2 aromatic rings. The molecule has 0 aliphatic carbocycles. The zero-order valence-electron chi connectivity index (χ0n) is 14.8. The van der Waals surface area contributed by atoms with E-state index in [-0.39, 0.29) is 18.0 Å². The molecule has 28 heavy (non-hydrogen) atoms. The van der Waals surface area contributed by atoms with Gasteiger partial charge in [0.15, 0.2) is 10.8 Å². The standard InChI is InChI=1S/C17H17N7O3S/c1-2-3-6-17(23-24-17)7-8-18-14(26)9-11-10-28-16(19-11)20-15(27)12-4-5-13(25)22-21-12/h1,4-5,10H,3,6-9H2,(H,18,26)(H,22,25)(H,19,20,27). The summed E-state index contributed by atoms with van der Waals surface area (Å²) in [5, 5.41) is 21.3. The average Bonchev–Trinajstić information content (AvgIpc) is 3.31. The van der Waals surface area contributed by atoms with Gasteiger partial charge >= 0.3 is 0 Å². The maximum Gasteiger partial charge on any atom is 0.277 e. The van der Waals surface area contributed by atoms with Gasteiger partial charge in [-0.05, 0) is 6.07 Å². The maximum absolute atomic E-state index is 12.0. The van der Waals surface area contributed by atoms with Crippen molar-refractivity contribution < 1.29 is 9.59 Å². The molecule has 1 aliphatic rings. The van der Waals surface area contributed by atoms with Crippen molar-refractivity contribution in [1.29, 1.82) is 0 Å². The number of thiazole rings is 1. The van der Waals surface area contributed by atoms with Gasteiger partial charge in [-0.15, -0.1) is 23.7 Å². The lowest BCUT2D eigenvalue weighted by atomic mass is 10.0. The van der Waals surface area contributed by atoms with E-state index in [9.17, 15) is 14.4 Å². The minimum atomic E-state index is -0.504. The monoisotopic (exact) mass is 399 g/mol.